The van der Waals surface area contributed by atoms with Gasteiger partial charge in [-0.3, -0.25) is 14.5 Å². The first-order valence-electron chi connectivity index (χ1n) is 18.2. The zero-order valence-corrected chi connectivity index (χ0v) is 30.4. The van der Waals surface area contributed by atoms with E-state index >= 15 is 0 Å². The van der Waals surface area contributed by atoms with Crippen molar-refractivity contribution in [2.24, 2.45) is 0 Å². The van der Waals surface area contributed by atoms with Gasteiger partial charge in [0.25, 0.3) is 0 Å². The Labute approximate surface area is 296 Å². The Morgan fingerprint density at radius 3 is 2.44 bits per heavy atom. The van der Waals surface area contributed by atoms with Gasteiger partial charge in [-0.25, -0.2) is 4.98 Å². The Morgan fingerprint density at radius 2 is 1.68 bits per heavy atom. The summed E-state index contributed by atoms with van der Waals surface area (Å²) < 4.78 is 18.3. The lowest BCUT2D eigenvalue weighted by atomic mass is 9.93. The van der Waals surface area contributed by atoms with Gasteiger partial charge in [0.05, 0.1) is 13.7 Å². The lowest BCUT2D eigenvalue weighted by molar-refractivity contribution is -0.144. The summed E-state index contributed by atoms with van der Waals surface area (Å²) >= 11 is 0. The molecular weight excluding hydrogens is 630 g/mol. The fourth-order valence-electron chi connectivity index (χ4n) is 7.00. The molecule has 2 heterocycles. The largest absolute Gasteiger partial charge is 0.496 e. The van der Waals surface area contributed by atoms with Crippen molar-refractivity contribution in [3.05, 3.63) is 65.2 Å². The number of piperidine rings is 1. The van der Waals surface area contributed by atoms with Crippen LogP contribution in [-0.4, -0.2) is 78.1 Å². The van der Waals surface area contributed by atoms with Crippen LogP contribution in [0.25, 0.3) is 33.7 Å². The third-order valence-electron chi connectivity index (χ3n) is 9.95. The topological polar surface area (TPSA) is 105 Å². The van der Waals surface area contributed by atoms with Crippen molar-refractivity contribution in [1.82, 2.24) is 14.8 Å². The van der Waals surface area contributed by atoms with Gasteiger partial charge in [0.1, 0.15) is 28.8 Å². The standard InChI is InChI=1S/C41H53N3O6/c1-6-7-14-31(45)15-12-21-43(4)22-13-24-49-37-20-11-17-33(29(37)3)32-16-10-18-34(28(32)2)40-42-35-25-30(38(48-5)26-39(35)50-40)27-44-23-9-8-19-36(44)41(46)47/h10-11,16-18,20,25-26,36H,6-9,12-15,19,21-24,27H2,1-5H3,(H,46,47). The number of Topliss-reactive ketones (excluding diaryl/α,β-unsaturated/α-hetero) is 1. The number of oxazole rings is 1. The van der Waals surface area contributed by atoms with Gasteiger partial charge in [0, 0.05) is 43.1 Å². The van der Waals surface area contributed by atoms with Crippen LogP contribution in [0.5, 0.6) is 11.5 Å². The minimum absolute atomic E-state index is 0.380. The van der Waals surface area contributed by atoms with Crippen LogP contribution in [0.1, 0.15) is 81.4 Å². The molecule has 1 unspecified atom stereocenters. The fraction of sp³-hybridized carbons (Fsp3) is 0.488. The number of fused-ring (bicyclic) bond motifs is 1. The Bertz CT molecular complexity index is 1760. The van der Waals surface area contributed by atoms with Crippen LogP contribution in [0.4, 0.5) is 0 Å². The van der Waals surface area contributed by atoms with E-state index in [2.05, 4.69) is 44.9 Å². The summed E-state index contributed by atoms with van der Waals surface area (Å²) in [5.41, 5.74) is 7.45. The first-order valence-corrected chi connectivity index (χ1v) is 18.2. The molecule has 1 atom stereocenters. The van der Waals surface area contributed by atoms with Gasteiger partial charge in [0.2, 0.25) is 5.89 Å². The molecule has 9 heteroatoms. The monoisotopic (exact) mass is 683 g/mol. The number of nitrogens with zero attached hydrogens (tertiary/aromatic N) is 3. The summed E-state index contributed by atoms with van der Waals surface area (Å²) in [5, 5.41) is 9.78. The Hall–Kier alpha value is -4.21. The molecule has 1 aromatic heterocycles. The normalized spacial score (nSPS) is 15.1. The summed E-state index contributed by atoms with van der Waals surface area (Å²) in [6.07, 6.45) is 7.81. The third kappa shape index (κ3) is 9.11. The number of aromatic nitrogens is 1. The molecule has 0 amide bonds. The number of carbonyl (C=O) groups is 2. The molecule has 0 saturated carbocycles. The zero-order valence-electron chi connectivity index (χ0n) is 30.4. The van der Waals surface area contributed by atoms with Crippen molar-refractivity contribution in [1.29, 1.82) is 0 Å². The predicted molar refractivity (Wildman–Crippen MR) is 198 cm³/mol. The zero-order chi connectivity index (χ0) is 35.6. The van der Waals surface area contributed by atoms with E-state index in [0.29, 0.717) is 60.9 Å². The smallest absolute Gasteiger partial charge is 0.320 e. The molecular formula is C41H53N3O6. The highest BCUT2D eigenvalue weighted by molar-refractivity contribution is 5.83. The van der Waals surface area contributed by atoms with Crippen LogP contribution in [-0.2, 0) is 16.1 Å². The molecule has 5 rings (SSSR count). The van der Waals surface area contributed by atoms with E-state index in [4.69, 9.17) is 18.9 Å². The number of carboxylic acids is 1. The number of likely N-dealkylation sites (tertiary alicyclic amines) is 1. The summed E-state index contributed by atoms with van der Waals surface area (Å²) in [4.78, 5) is 33.1. The molecule has 0 radical (unpaired) electrons. The van der Waals surface area contributed by atoms with E-state index in [0.717, 1.165) is 97.3 Å². The highest BCUT2D eigenvalue weighted by Gasteiger charge is 2.29. The van der Waals surface area contributed by atoms with Gasteiger partial charge < -0.3 is 23.9 Å². The molecule has 1 aliphatic heterocycles. The molecule has 1 saturated heterocycles. The highest BCUT2D eigenvalue weighted by Crippen LogP contribution is 2.38. The van der Waals surface area contributed by atoms with Gasteiger partial charge in [-0.15, -0.1) is 0 Å². The Balaban J connectivity index is 1.27. The molecule has 0 bridgehead atoms. The quantitative estimate of drug-likeness (QED) is 0.103. The predicted octanol–water partition coefficient (Wildman–Crippen LogP) is 8.47. The van der Waals surface area contributed by atoms with Crippen molar-refractivity contribution in [2.75, 3.05) is 40.4 Å². The number of benzene rings is 3. The molecule has 1 N–H and O–H groups in total. The van der Waals surface area contributed by atoms with Crippen molar-refractivity contribution >= 4 is 22.9 Å². The third-order valence-corrected chi connectivity index (χ3v) is 9.95. The van der Waals surface area contributed by atoms with E-state index in [9.17, 15) is 14.7 Å². The van der Waals surface area contributed by atoms with Crippen LogP contribution in [0.2, 0.25) is 0 Å². The SMILES string of the molecule is CCCCC(=O)CCCN(C)CCCOc1cccc(-c2cccc(-c3nc4cc(CN5CCCCC5C(=O)O)c(OC)cc4o3)c2C)c1C. The van der Waals surface area contributed by atoms with Gasteiger partial charge in [-0.1, -0.05) is 44.0 Å². The Kier molecular flexibility index (Phi) is 13.1. The van der Waals surface area contributed by atoms with E-state index in [-0.39, 0.29) is 0 Å². The number of hydrogen-bond acceptors (Lipinski definition) is 8. The van der Waals surface area contributed by atoms with Gasteiger partial charge in [-0.2, -0.15) is 0 Å². The number of ether oxygens (including phenoxy) is 2. The van der Waals surface area contributed by atoms with E-state index < -0.39 is 12.0 Å². The molecule has 9 nitrogen and oxygen atoms in total. The number of methoxy groups -OCH3 is 1. The number of carboxylic acid groups (broad SMARTS) is 1. The minimum Gasteiger partial charge on any atom is -0.496 e. The van der Waals surface area contributed by atoms with Crippen LogP contribution < -0.4 is 9.47 Å². The minimum atomic E-state index is -0.779. The number of aliphatic carboxylic acids is 1. The molecule has 0 aliphatic carbocycles. The fourth-order valence-corrected chi connectivity index (χ4v) is 7.00. The Morgan fingerprint density at radius 1 is 0.960 bits per heavy atom. The number of hydrogen-bond donors (Lipinski definition) is 1. The lowest BCUT2D eigenvalue weighted by Gasteiger charge is -2.33. The average Bonchev–Trinajstić information content (AvgIpc) is 3.52. The maximum absolute atomic E-state index is 12.0. The molecule has 3 aromatic carbocycles. The van der Waals surface area contributed by atoms with E-state index in [1.807, 2.05) is 41.3 Å². The van der Waals surface area contributed by atoms with Crippen molar-refractivity contribution < 1.29 is 28.6 Å². The first-order chi connectivity index (χ1) is 24.2. The number of rotatable bonds is 18. The number of unbranched alkanes of at least 4 members (excludes halogenated alkanes) is 1. The van der Waals surface area contributed by atoms with Crippen molar-refractivity contribution in [2.45, 2.75) is 91.1 Å². The van der Waals surface area contributed by atoms with Crippen molar-refractivity contribution in [3.8, 4) is 34.1 Å². The summed E-state index contributed by atoms with van der Waals surface area (Å²) in [5.74, 6) is 1.66. The second kappa shape index (κ2) is 17.6. The molecule has 268 valence electrons. The summed E-state index contributed by atoms with van der Waals surface area (Å²) in [7, 11) is 3.73. The van der Waals surface area contributed by atoms with Crippen LogP contribution in [0.15, 0.2) is 52.9 Å². The van der Waals surface area contributed by atoms with Crippen LogP contribution in [0, 0.1) is 13.8 Å². The molecule has 4 aromatic rings. The lowest BCUT2D eigenvalue weighted by Crippen LogP contribution is -2.44. The molecule has 1 fully saturated rings. The first kappa shape index (κ1) is 37.1. The van der Waals surface area contributed by atoms with Gasteiger partial charge in [-0.05, 0) is 107 Å². The second-order valence-electron chi connectivity index (χ2n) is 13.6. The summed E-state index contributed by atoms with van der Waals surface area (Å²) in [6.45, 7) is 9.98. The van der Waals surface area contributed by atoms with E-state index in [1.165, 1.54) is 0 Å². The van der Waals surface area contributed by atoms with Gasteiger partial charge in [0.15, 0.2) is 5.58 Å². The average molecular weight is 684 g/mol. The second-order valence-corrected chi connectivity index (χ2v) is 13.6. The number of carbonyl (C=O) groups excluding carboxylic acids is 1. The summed E-state index contributed by atoms with van der Waals surface area (Å²) in [6, 6.07) is 15.7. The van der Waals surface area contributed by atoms with Crippen LogP contribution >= 0.6 is 0 Å². The van der Waals surface area contributed by atoms with Gasteiger partial charge >= 0.3 is 5.97 Å². The number of ketones is 1. The molecule has 1 aliphatic rings. The maximum Gasteiger partial charge on any atom is 0.320 e. The maximum atomic E-state index is 12.0. The van der Waals surface area contributed by atoms with E-state index in [1.54, 1.807) is 7.11 Å². The highest BCUT2D eigenvalue weighted by atomic mass is 16.5. The molecule has 0 spiro atoms. The molecule has 50 heavy (non-hydrogen) atoms. The van der Waals surface area contributed by atoms with Crippen molar-refractivity contribution in [3.63, 3.8) is 0 Å². The van der Waals surface area contributed by atoms with Crippen LogP contribution in [0.3, 0.4) is 0 Å².